The second kappa shape index (κ2) is 6.15. The zero-order valence-electron chi connectivity index (χ0n) is 8.59. The van der Waals surface area contributed by atoms with Gasteiger partial charge in [0.05, 0.1) is 15.4 Å². The van der Waals surface area contributed by atoms with Crippen molar-refractivity contribution in [3.63, 3.8) is 0 Å². The van der Waals surface area contributed by atoms with Crippen molar-refractivity contribution in [2.24, 2.45) is 0 Å². The van der Waals surface area contributed by atoms with Gasteiger partial charge < -0.3 is 0 Å². The largest absolute Gasteiger partial charge is 0.113 e. The summed E-state index contributed by atoms with van der Waals surface area (Å²) in [7, 11) is 0. The van der Waals surface area contributed by atoms with Crippen LogP contribution in [-0.2, 0) is 0 Å². The third-order valence-corrected chi connectivity index (χ3v) is 3.32. The molecule has 0 fully saturated rings. The van der Waals surface area contributed by atoms with Gasteiger partial charge in [0.25, 0.3) is 0 Å². The van der Waals surface area contributed by atoms with Crippen LogP contribution in [0.5, 0.6) is 0 Å². The number of benzene rings is 1. The molecule has 0 saturated heterocycles. The molecule has 0 aromatic heterocycles. The molecular weight excluding hydrogens is 263 g/mol. The van der Waals surface area contributed by atoms with Crippen LogP contribution < -0.4 is 0 Å². The zero-order valence-corrected chi connectivity index (χ0v) is 10.9. The number of halogens is 3. The Morgan fingerprint density at radius 3 is 2.38 bits per heavy atom. The Morgan fingerprint density at radius 1 is 1.19 bits per heavy atom. The van der Waals surface area contributed by atoms with Gasteiger partial charge in [-0.1, -0.05) is 60.7 Å². The molecule has 0 spiro atoms. The average molecular weight is 274 g/mol. The minimum atomic E-state index is -0.301. The highest BCUT2D eigenvalue weighted by molar-refractivity contribution is 6.42. The van der Waals surface area contributed by atoms with Gasteiger partial charge in [0.1, 0.15) is 0 Å². The molecule has 1 aromatic rings. The highest BCUT2D eigenvalue weighted by atomic mass is 35.5. The minimum Gasteiger partial charge on any atom is -0.113 e. The second-order valence-corrected chi connectivity index (χ2v) is 4.39. The summed E-state index contributed by atoms with van der Waals surface area (Å²) >= 11 is 18.0. The molecule has 0 nitrogen and oxygen atoms in total. The molecule has 3 heteroatoms. The van der Waals surface area contributed by atoms with Crippen LogP contribution in [0.3, 0.4) is 0 Å². The Kier molecular flexibility index (Phi) is 5.14. The maximum Gasteiger partial charge on any atom is 0.0835 e. The fraction of sp³-hybridized carbons (Fsp3) is 0.0769. The lowest BCUT2D eigenvalue weighted by Gasteiger charge is -2.11. The summed E-state index contributed by atoms with van der Waals surface area (Å²) in [6.45, 7) is 7.33. The van der Waals surface area contributed by atoms with Gasteiger partial charge in [-0.3, -0.25) is 0 Å². The van der Waals surface area contributed by atoms with Crippen molar-refractivity contribution in [1.29, 1.82) is 0 Å². The van der Waals surface area contributed by atoms with Crippen LogP contribution in [0.15, 0.2) is 55.2 Å². The fourth-order valence-electron chi connectivity index (χ4n) is 1.25. The molecule has 0 bridgehead atoms. The van der Waals surface area contributed by atoms with E-state index < -0.39 is 0 Å². The quantitative estimate of drug-likeness (QED) is 0.497. The smallest absolute Gasteiger partial charge is 0.0835 e. The van der Waals surface area contributed by atoms with Crippen LogP contribution in [0.2, 0.25) is 10.0 Å². The fourth-order valence-corrected chi connectivity index (χ4v) is 1.86. The van der Waals surface area contributed by atoms with E-state index >= 15 is 0 Å². The summed E-state index contributed by atoms with van der Waals surface area (Å²) in [5.74, 6) is 0. The molecule has 0 saturated carbocycles. The molecule has 0 N–H and O–H groups in total. The van der Waals surface area contributed by atoms with E-state index in [1.165, 1.54) is 0 Å². The van der Waals surface area contributed by atoms with E-state index in [9.17, 15) is 0 Å². The van der Waals surface area contributed by atoms with Gasteiger partial charge in [-0.25, -0.2) is 0 Å². The first kappa shape index (κ1) is 13.4. The van der Waals surface area contributed by atoms with E-state index in [-0.39, 0.29) is 5.38 Å². The van der Waals surface area contributed by atoms with Crippen molar-refractivity contribution in [1.82, 2.24) is 0 Å². The van der Waals surface area contributed by atoms with Crippen LogP contribution in [-0.4, -0.2) is 0 Å². The topological polar surface area (TPSA) is 0 Å². The van der Waals surface area contributed by atoms with Crippen LogP contribution in [0.4, 0.5) is 0 Å². The Bertz CT molecular complexity index is 433. The molecule has 1 rings (SSSR count). The van der Waals surface area contributed by atoms with Gasteiger partial charge in [-0.2, -0.15) is 0 Å². The summed E-state index contributed by atoms with van der Waals surface area (Å²) in [5.41, 5.74) is 1.75. The summed E-state index contributed by atoms with van der Waals surface area (Å²) in [5, 5.41) is 0.708. The van der Waals surface area contributed by atoms with Crippen molar-refractivity contribution in [2.75, 3.05) is 0 Å². The van der Waals surface area contributed by atoms with Crippen LogP contribution in [0.1, 0.15) is 10.9 Å². The molecule has 0 aliphatic heterocycles. The van der Waals surface area contributed by atoms with Crippen molar-refractivity contribution < 1.29 is 0 Å². The van der Waals surface area contributed by atoms with Gasteiger partial charge in [-0.05, 0) is 23.3 Å². The van der Waals surface area contributed by atoms with Crippen molar-refractivity contribution >= 4 is 34.8 Å². The Balaban J connectivity index is 3.08. The van der Waals surface area contributed by atoms with Crippen molar-refractivity contribution in [3.8, 4) is 0 Å². The maximum atomic E-state index is 6.29. The predicted octanol–water partition coefficient (Wildman–Crippen LogP) is 5.57. The van der Waals surface area contributed by atoms with E-state index in [0.717, 1.165) is 11.1 Å². The van der Waals surface area contributed by atoms with Gasteiger partial charge in [0.2, 0.25) is 0 Å². The second-order valence-electron chi connectivity index (χ2n) is 3.14. The molecule has 0 amide bonds. The first-order valence-corrected chi connectivity index (χ1v) is 5.83. The van der Waals surface area contributed by atoms with E-state index in [1.54, 1.807) is 24.3 Å². The molecule has 0 heterocycles. The summed E-state index contributed by atoms with van der Waals surface area (Å²) in [6.07, 6.45) is 5.18. The minimum absolute atomic E-state index is 0.301. The molecule has 16 heavy (non-hydrogen) atoms. The van der Waals surface area contributed by atoms with Crippen LogP contribution in [0, 0.1) is 0 Å². The third-order valence-electron chi connectivity index (χ3n) is 2.07. The van der Waals surface area contributed by atoms with E-state index in [0.29, 0.717) is 10.0 Å². The molecule has 1 unspecified atom stereocenters. The highest BCUT2D eigenvalue weighted by Gasteiger charge is 2.12. The third kappa shape index (κ3) is 3.15. The van der Waals surface area contributed by atoms with E-state index in [2.05, 4.69) is 13.2 Å². The summed E-state index contributed by atoms with van der Waals surface area (Å²) in [6, 6.07) is 5.32. The highest BCUT2D eigenvalue weighted by Crippen LogP contribution is 2.33. The Hall–Kier alpha value is -0.690. The lowest BCUT2D eigenvalue weighted by molar-refractivity contribution is 1.15. The Labute approximate surface area is 111 Å². The summed E-state index contributed by atoms with van der Waals surface area (Å²) < 4.78 is 0. The van der Waals surface area contributed by atoms with E-state index in [1.807, 2.05) is 12.1 Å². The maximum absolute atomic E-state index is 6.29. The normalized spacial score (nSPS) is 13.3. The first-order chi connectivity index (χ1) is 7.60. The van der Waals surface area contributed by atoms with Crippen LogP contribution in [0.25, 0.3) is 0 Å². The number of hydrogen-bond donors (Lipinski definition) is 0. The lowest BCUT2D eigenvalue weighted by Crippen LogP contribution is -1.93. The Morgan fingerprint density at radius 2 is 1.88 bits per heavy atom. The van der Waals surface area contributed by atoms with Gasteiger partial charge in [0, 0.05) is 0 Å². The number of hydrogen-bond acceptors (Lipinski definition) is 0. The number of alkyl halides is 1. The van der Waals surface area contributed by atoms with Gasteiger partial charge in [0.15, 0.2) is 0 Å². The number of rotatable bonds is 4. The lowest BCUT2D eigenvalue weighted by atomic mass is 10.0. The van der Waals surface area contributed by atoms with E-state index in [4.69, 9.17) is 34.8 Å². The van der Waals surface area contributed by atoms with Gasteiger partial charge >= 0.3 is 0 Å². The molecule has 1 aromatic carbocycles. The number of allylic oxidation sites excluding steroid dienone is 4. The predicted molar refractivity (Wildman–Crippen MR) is 73.5 cm³/mol. The summed E-state index contributed by atoms with van der Waals surface area (Å²) in [4.78, 5) is 0. The van der Waals surface area contributed by atoms with Crippen molar-refractivity contribution in [2.45, 2.75) is 5.38 Å². The molecule has 0 aliphatic carbocycles. The SMILES string of the molecule is C=C/C=C(\C=C)C(Cl)c1ccc(Cl)c(Cl)c1. The monoisotopic (exact) mass is 272 g/mol. The molecule has 84 valence electrons. The standard InChI is InChI=1S/C13H11Cl3/c1-3-5-9(4-2)13(16)10-6-7-11(14)12(15)8-10/h3-8,13H,1-2H2/b9-5+. The van der Waals surface area contributed by atoms with Crippen LogP contribution >= 0.6 is 34.8 Å². The van der Waals surface area contributed by atoms with Gasteiger partial charge in [-0.15, -0.1) is 11.6 Å². The molecule has 0 aliphatic rings. The average Bonchev–Trinajstić information content (AvgIpc) is 2.28. The van der Waals surface area contributed by atoms with Crippen molar-refractivity contribution in [3.05, 3.63) is 70.8 Å². The molecule has 1 atom stereocenters. The zero-order chi connectivity index (χ0) is 12.1. The first-order valence-electron chi connectivity index (χ1n) is 4.64. The molecular formula is C13H11Cl3. The molecule has 0 radical (unpaired) electrons.